The normalized spacial score (nSPS) is 18.2. The van der Waals surface area contributed by atoms with E-state index < -0.39 is 0 Å². The van der Waals surface area contributed by atoms with Crippen LogP contribution in [0.4, 0.5) is 0 Å². The highest BCUT2D eigenvalue weighted by molar-refractivity contribution is 8.00. The van der Waals surface area contributed by atoms with Gasteiger partial charge < -0.3 is 10.6 Å². The van der Waals surface area contributed by atoms with E-state index in [1.54, 1.807) is 0 Å². The maximum Gasteiger partial charge on any atom is 0.239 e. The van der Waals surface area contributed by atoms with Gasteiger partial charge in [-0.3, -0.25) is 4.79 Å². The van der Waals surface area contributed by atoms with Crippen LogP contribution in [-0.4, -0.2) is 35.2 Å². The summed E-state index contributed by atoms with van der Waals surface area (Å²) in [4.78, 5) is 15.6. The van der Waals surface area contributed by atoms with E-state index in [9.17, 15) is 4.79 Å². The average Bonchev–Trinajstić information content (AvgIpc) is 2.55. The fraction of sp³-hybridized carbons (Fsp3) is 0.588. The summed E-state index contributed by atoms with van der Waals surface area (Å²) in [5, 5.41) is 1.33. The molecule has 6 heteroatoms. The van der Waals surface area contributed by atoms with E-state index in [4.69, 9.17) is 17.3 Å². The molecular formula is C17H26Cl2N2OS. The van der Waals surface area contributed by atoms with Crippen LogP contribution < -0.4 is 5.73 Å². The number of hydrogen-bond donors (Lipinski definition) is 1. The molecule has 1 fully saturated rings. The van der Waals surface area contributed by atoms with Gasteiger partial charge in [-0.1, -0.05) is 31.9 Å². The third-order valence-corrected chi connectivity index (χ3v) is 6.01. The first-order chi connectivity index (χ1) is 10.5. The molecule has 2 N–H and O–H groups in total. The summed E-state index contributed by atoms with van der Waals surface area (Å²) in [7, 11) is 0. The molecule has 1 aliphatic heterocycles. The molecule has 1 aliphatic rings. The number of thioether (sulfide) groups is 1. The van der Waals surface area contributed by atoms with Crippen molar-refractivity contribution in [2.45, 2.75) is 49.3 Å². The lowest BCUT2D eigenvalue weighted by molar-refractivity contribution is -0.134. The molecule has 1 saturated heterocycles. The van der Waals surface area contributed by atoms with Gasteiger partial charge in [-0.15, -0.1) is 24.2 Å². The quantitative estimate of drug-likeness (QED) is 0.836. The number of nitrogens with zero attached hydrogens (tertiary/aromatic N) is 1. The fourth-order valence-corrected chi connectivity index (χ4v) is 3.86. The van der Waals surface area contributed by atoms with Crippen molar-refractivity contribution in [3.63, 3.8) is 0 Å². The van der Waals surface area contributed by atoms with Gasteiger partial charge in [0.2, 0.25) is 5.91 Å². The molecule has 23 heavy (non-hydrogen) atoms. The number of nitrogens with two attached hydrogens (primary N) is 1. The van der Waals surface area contributed by atoms with Crippen molar-refractivity contribution in [3.8, 4) is 0 Å². The first-order valence-electron chi connectivity index (χ1n) is 7.97. The van der Waals surface area contributed by atoms with Crippen LogP contribution >= 0.6 is 35.8 Å². The van der Waals surface area contributed by atoms with Gasteiger partial charge in [0.1, 0.15) is 0 Å². The van der Waals surface area contributed by atoms with Crippen LogP contribution in [0.15, 0.2) is 29.2 Å². The highest BCUT2D eigenvalue weighted by Gasteiger charge is 2.28. The number of piperidine rings is 1. The second-order valence-corrected chi connectivity index (χ2v) is 7.82. The first kappa shape index (κ1) is 20.6. The SMILES string of the molecule is CCC(C)C(N)C(=O)N1CCC(Sc2ccc(Cl)cc2)CC1.Cl. The van der Waals surface area contributed by atoms with Gasteiger partial charge in [-0.05, 0) is 43.0 Å². The van der Waals surface area contributed by atoms with Crippen LogP contribution in [0.25, 0.3) is 0 Å². The minimum atomic E-state index is -0.356. The van der Waals surface area contributed by atoms with Crippen molar-refractivity contribution in [2.24, 2.45) is 11.7 Å². The monoisotopic (exact) mass is 376 g/mol. The lowest BCUT2D eigenvalue weighted by Crippen LogP contribution is -2.50. The van der Waals surface area contributed by atoms with Gasteiger partial charge in [0.05, 0.1) is 6.04 Å². The molecule has 2 unspecified atom stereocenters. The molecule has 1 aromatic carbocycles. The summed E-state index contributed by atoms with van der Waals surface area (Å²) in [6.45, 7) is 5.75. The van der Waals surface area contributed by atoms with E-state index in [2.05, 4.69) is 19.1 Å². The van der Waals surface area contributed by atoms with Gasteiger partial charge in [0, 0.05) is 28.3 Å². The van der Waals surface area contributed by atoms with E-state index in [-0.39, 0.29) is 30.3 Å². The number of likely N-dealkylation sites (tertiary alicyclic amines) is 1. The largest absolute Gasteiger partial charge is 0.341 e. The van der Waals surface area contributed by atoms with Crippen molar-refractivity contribution in [1.29, 1.82) is 0 Å². The second-order valence-electron chi connectivity index (χ2n) is 6.01. The molecule has 0 aliphatic carbocycles. The molecule has 1 aromatic rings. The van der Waals surface area contributed by atoms with Crippen molar-refractivity contribution in [3.05, 3.63) is 29.3 Å². The Kier molecular flexibility index (Phi) is 8.76. The fourth-order valence-electron chi connectivity index (χ4n) is 2.61. The summed E-state index contributed by atoms with van der Waals surface area (Å²) < 4.78 is 0. The molecule has 0 aromatic heterocycles. The van der Waals surface area contributed by atoms with Crippen molar-refractivity contribution < 1.29 is 4.79 Å². The van der Waals surface area contributed by atoms with Gasteiger partial charge in [-0.25, -0.2) is 0 Å². The summed E-state index contributed by atoms with van der Waals surface area (Å²) in [6.07, 6.45) is 2.98. The molecule has 2 rings (SSSR count). The standard InChI is InChI=1S/C17H25ClN2OS.ClH/c1-3-12(2)16(19)17(21)20-10-8-15(9-11-20)22-14-6-4-13(18)5-7-14;/h4-7,12,15-16H,3,8-11,19H2,1-2H3;1H. The van der Waals surface area contributed by atoms with Crippen molar-refractivity contribution in [2.75, 3.05) is 13.1 Å². The van der Waals surface area contributed by atoms with E-state index in [1.165, 1.54) is 4.90 Å². The van der Waals surface area contributed by atoms with Gasteiger partial charge in [0.25, 0.3) is 0 Å². The number of halogens is 2. The summed E-state index contributed by atoms with van der Waals surface area (Å²) in [5.41, 5.74) is 6.07. The third kappa shape index (κ3) is 5.86. The number of benzene rings is 1. The lowest BCUT2D eigenvalue weighted by Gasteiger charge is -2.34. The molecule has 0 saturated carbocycles. The highest BCUT2D eigenvalue weighted by Crippen LogP contribution is 2.31. The van der Waals surface area contributed by atoms with Crippen LogP contribution in [0.1, 0.15) is 33.1 Å². The van der Waals surface area contributed by atoms with E-state index in [0.717, 1.165) is 37.4 Å². The molecular weight excluding hydrogens is 351 g/mol. The van der Waals surface area contributed by atoms with Gasteiger partial charge >= 0.3 is 0 Å². The number of carbonyl (C=O) groups is 1. The maximum absolute atomic E-state index is 12.4. The molecule has 0 spiro atoms. The zero-order valence-electron chi connectivity index (χ0n) is 13.7. The maximum atomic E-state index is 12.4. The smallest absolute Gasteiger partial charge is 0.239 e. The number of rotatable bonds is 5. The minimum Gasteiger partial charge on any atom is -0.341 e. The van der Waals surface area contributed by atoms with Crippen molar-refractivity contribution in [1.82, 2.24) is 4.90 Å². The molecule has 2 atom stereocenters. The topological polar surface area (TPSA) is 46.3 Å². The van der Waals surface area contributed by atoms with Crippen molar-refractivity contribution >= 4 is 41.7 Å². The number of hydrogen-bond acceptors (Lipinski definition) is 3. The van der Waals surface area contributed by atoms with Crippen LogP contribution in [0.3, 0.4) is 0 Å². The lowest BCUT2D eigenvalue weighted by atomic mass is 9.98. The Morgan fingerprint density at radius 3 is 2.43 bits per heavy atom. The summed E-state index contributed by atoms with van der Waals surface area (Å²) in [5.74, 6) is 0.359. The van der Waals surface area contributed by atoms with Crippen LogP contribution in [-0.2, 0) is 4.79 Å². The molecule has 1 amide bonds. The van der Waals surface area contributed by atoms with Crippen LogP contribution in [0, 0.1) is 5.92 Å². The number of carbonyl (C=O) groups excluding carboxylic acids is 1. The minimum absolute atomic E-state index is 0. The van der Waals surface area contributed by atoms with E-state index in [0.29, 0.717) is 5.25 Å². The molecule has 1 heterocycles. The zero-order chi connectivity index (χ0) is 16.1. The van der Waals surface area contributed by atoms with E-state index >= 15 is 0 Å². The highest BCUT2D eigenvalue weighted by atomic mass is 35.5. The van der Waals surface area contributed by atoms with Gasteiger partial charge in [-0.2, -0.15) is 0 Å². The Morgan fingerprint density at radius 1 is 1.35 bits per heavy atom. The molecule has 3 nitrogen and oxygen atoms in total. The summed E-state index contributed by atoms with van der Waals surface area (Å²) >= 11 is 7.79. The second kappa shape index (κ2) is 9.77. The average molecular weight is 377 g/mol. The summed E-state index contributed by atoms with van der Waals surface area (Å²) in [6, 6.07) is 7.61. The molecule has 0 radical (unpaired) electrons. The van der Waals surface area contributed by atoms with Gasteiger partial charge in [0.15, 0.2) is 0 Å². The van der Waals surface area contributed by atoms with E-state index in [1.807, 2.05) is 35.7 Å². The molecule has 130 valence electrons. The predicted octanol–water partition coefficient (Wildman–Crippen LogP) is 4.22. The Labute approximate surface area is 154 Å². The third-order valence-electron chi connectivity index (χ3n) is 4.41. The van der Waals surface area contributed by atoms with Crippen LogP contribution in [0.2, 0.25) is 5.02 Å². The predicted molar refractivity (Wildman–Crippen MR) is 102 cm³/mol. The Hall–Kier alpha value is -0.420. The Balaban J connectivity index is 0.00000264. The van der Waals surface area contributed by atoms with Crippen LogP contribution in [0.5, 0.6) is 0 Å². The first-order valence-corrected chi connectivity index (χ1v) is 9.23. The molecule has 0 bridgehead atoms. The Bertz CT molecular complexity index is 490. The zero-order valence-corrected chi connectivity index (χ0v) is 16.1. The Morgan fingerprint density at radius 2 is 1.91 bits per heavy atom. The number of amides is 1.